The van der Waals surface area contributed by atoms with E-state index < -0.39 is 47.9 Å². The first-order chi connectivity index (χ1) is 16.1. The van der Waals surface area contributed by atoms with Crippen molar-refractivity contribution in [2.24, 2.45) is 0 Å². The lowest BCUT2D eigenvalue weighted by atomic mass is 10.1. The second-order valence-electron chi connectivity index (χ2n) is 7.07. The van der Waals surface area contributed by atoms with E-state index in [0.29, 0.717) is 19.4 Å². The molecule has 0 saturated heterocycles. The lowest BCUT2D eigenvalue weighted by Gasteiger charge is -2.23. The zero-order valence-electron chi connectivity index (χ0n) is 19.5. The van der Waals surface area contributed by atoms with E-state index >= 15 is 0 Å². The number of alkyl carbamates (subject to hydrolysis) is 2. The Balaban J connectivity index is 2.60. The molecule has 0 radical (unpaired) electrons. The van der Waals surface area contributed by atoms with Crippen molar-refractivity contribution in [3.05, 3.63) is 24.6 Å². The Morgan fingerprint density at radius 1 is 0.941 bits per heavy atom. The number of carbonyl (C=O) groups is 6. The van der Waals surface area contributed by atoms with Gasteiger partial charge in [0.1, 0.15) is 17.9 Å². The van der Waals surface area contributed by atoms with Gasteiger partial charge in [-0.1, -0.05) is 6.58 Å². The molecule has 0 spiro atoms. The van der Waals surface area contributed by atoms with Crippen LogP contribution >= 0.6 is 0 Å². The third-order valence-corrected chi connectivity index (χ3v) is 4.51. The molecule has 34 heavy (non-hydrogen) atoms. The zero-order valence-corrected chi connectivity index (χ0v) is 19.5. The fourth-order valence-electron chi connectivity index (χ4n) is 2.86. The van der Waals surface area contributed by atoms with Crippen LogP contribution in [0.2, 0.25) is 0 Å². The molecule has 4 N–H and O–H groups in total. The summed E-state index contributed by atoms with van der Waals surface area (Å²) in [5.74, 6) is -2.86. The quantitative estimate of drug-likeness (QED) is 0.211. The number of carbonyl (C=O) groups excluding carboxylic acids is 6. The minimum Gasteiger partial charge on any atom is -0.450 e. The highest BCUT2D eigenvalue weighted by atomic mass is 16.6. The first-order valence-electron chi connectivity index (χ1n) is 10.8. The largest absolute Gasteiger partial charge is 0.450 e. The minimum absolute atomic E-state index is 0.104. The Morgan fingerprint density at radius 2 is 1.50 bits per heavy atom. The molecule has 0 aliphatic carbocycles. The Kier molecular flexibility index (Phi) is 11.8. The molecule has 2 unspecified atom stereocenters. The van der Waals surface area contributed by atoms with Gasteiger partial charge in [-0.05, 0) is 40.0 Å². The van der Waals surface area contributed by atoms with Gasteiger partial charge in [-0.3, -0.25) is 24.1 Å². The van der Waals surface area contributed by atoms with Crippen LogP contribution in [0.1, 0.15) is 40.0 Å². The van der Waals surface area contributed by atoms with Gasteiger partial charge >= 0.3 is 12.2 Å². The fourth-order valence-corrected chi connectivity index (χ4v) is 2.86. The van der Waals surface area contributed by atoms with E-state index in [0.717, 1.165) is 17.1 Å². The van der Waals surface area contributed by atoms with Gasteiger partial charge in [0.15, 0.2) is 0 Å². The molecule has 1 aliphatic rings. The van der Waals surface area contributed by atoms with Gasteiger partial charge in [0, 0.05) is 18.7 Å². The highest BCUT2D eigenvalue weighted by Gasteiger charge is 2.33. The Morgan fingerprint density at radius 3 is 2.09 bits per heavy atom. The number of nitrogens with one attached hydrogen (secondary N) is 4. The smallest absolute Gasteiger partial charge is 0.407 e. The third kappa shape index (κ3) is 9.30. The molecule has 13 heteroatoms. The standard InChI is InChI=1S/C21H31N5O8/c1-5-33-20(31)22-12-8-7-9-15(25-21(32)34-6-2)19(30)24-14(4)23-18(29)13(3)26-16(27)10-11-17(26)28/h10-11,13,15H,4-9,12H2,1-3H3,(H,22,31)(H,23,29)(H,24,30)(H,25,32). The highest BCUT2D eigenvalue weighted by Crippen LogP contribution is 2.09. The van der Waals surface area contributed by atoms with E-state index in [9.17, 15) is 28.8 Å². The molecule has 0 aromatic carbocycles. The predicted molar refractivity (Wildman–Crippen MR) is 119 cm³/mol. The molecule has 1 heterocycles. The van der Waals surface area contributed by atoms with Crippen LogP contribution in [-0.4, -0.2) is 72.6 Å². The first-order valence-corrected chi connectivity index (χ1v) is 10.8. The lowest BCUT2D eigenvalue weighted by molar-refractivity contribution is -0.144. The van der Waals surface area contributed by atoms with Crippen molar-refractivity contribution in [1.82, 2.24) is 26.2 Å². The highest BCUT2D eigenvalue weighted by molar-refractivity contribution is 6.15. The molecule has 6 amide bonds. The Labute approximate surface area is 197 Å². The summed E-state index contributed by atoms with van der Waals surface area (Å²) in [7, 11) is 0. The molecule has 2 atom stereocenters. The molecule has 1 aliphatic heterocycles. The van der Waals surface area contributed by atoms with E-state index in [-0.39, 0.29) is 25.5 Å². The van der Waals surface area contributed by atoms with E-state index in [4.69, 9.17) is 9.47 Å². The maximum absolute atomic E-state index is 12.7. The number of imide groups is 1. The second-order valence-corrected chi connectivity index (χ2v) is 7.07. The van der Waals surface area contributed by atoms with Crippen molar-refractivity contribution >= 4 is 35.8 Å². The summed E-state index contributed by atoms with van der Waals surface area (Å²) in [6, 6.07) is -2.15. The van der Waals surface area contributed by atoms with Crippen molar-refractivity contribution in [2.45, 2.75) is 52.1 Å². The summed E-state index contributed by atoms with van der Waals surface area (Å²) in [4.78, 5) is 72.3. The summed E-state index contributed by atoms with van der Waals surface area (Å²) in [5.41, 5.74) is 0. The molecule has 188 valence electrons. The van der Waals surface area contributed by atoms with Gasteiger partial charge in [-0.25, -0.2) is 9.59 Å². The van der Waals surface area contributed by atoms with Gasteiger partial charge in [-0.2, -0.15) is 0 Å². The number of ether oxygens (including phenoxy) is 2. The number of amides is 6. The molecule has 1 rings (SSSR count). The van der Waals surface area contributed by atoms with Gasteiger partial charge < -0.3 is 30.7 Å². The molecule has 0 aromatic heterocycles. The van der Waals surface area contributed by atoms with Crippen molar-refractivity contribution < 1.29 is 38.2 Å². The number of nitrogens with zero attached hydrogens (tertiary/aromatic N) is 1. The fraction of sp³-hybridized carbons (Fsp3) is 0.524. The molecule has 0 bridgehead atoms. The monoisotopic (exact) mass is 481 g/mol. The number of unbranched alkanes of at least 4 members (excludes halogenated alkanes) is 1. The average Bonchev–Trinajstić information content (AvgIpc) is 3.10. The van der Waals surface area contributed by atoms with E-state index in [1.54, 1.807) is 13.8 Å². The van der Waals surface area contributed by atoms with Crippen LogP contribution < -0.4 is 21.3 Å². The summed E-state index contributed by atoms with van der Waals surface area (Å²) >= 11 is 0. The number of hydrogen-bond acceptors (Lipinski definition) is 8. The van der Waals surface area contributed by atoms with E-state index in [1.807, 2.05) is 0 Å². The zero-order chi connectivity index (χ0) is 25.7. The summed E-state index contributed by atoms with van der Waals surface area (Å²) in [5, 5.41) is 9.67. The molecular weight excluding hydrogens is 450 g/mol. The van der Waals surface area contributed by atoms with Gasteiger partial charge in [0.2, 0.25) is 11.8 Å². The van der Waals surface area contributed by atoms with Gasteiger partial charge in [0.05, 0.1) is 13.2 Å². The molecule has 0 fully saturated rings. The predicted octanol–water partition coefficient (Wildman–Crippen LogP) is 0.0346. The maximum Gasteiger partial charge on any atom is 0.407 e. The maximum atomic E-state index is 12.7. The van der Waals surface area contributed by atoms with Gasteiger partial charge in [-0.15, -0.1) is 0 Å². The third-order valence-electron chi connectivity index (χ3n) is 4.51. The summed E-state index contributed by atoms with van der Waals surface area (Å²) in [6.07, 6.45) is 1.93. The first kappa shape index (κ1) is 28.1. The Bertz CT molecular complexity index is 823. The second kappa shape index (κ2) is 14.3. The molecule has 0 saturated carbocycles. The SMILES string of the molecule is C=C(NC(=O)C(CCCCNC(=O)OCC)NC(=O)OCC)NC(=O)C(C)N1C(=O)C=CC1=O. The van der Waals surface area contributed by atoms with Crippen molar-refractivity contribution in [1.29, 1.82) is 0 Å². The number of rotatable bonds is 13. The van der Waals surface area contributed by atoms with Crippen LogP contribution in [0.25, 0.3) is 0 Å². The van der Waals surface area contributed by atoms with Gasteiger partial charge in [0.25, 0.3) is 11.8 Å². The van der Waals surface area contributed by atoms with E-state index in [2.05, 4.69) is 27.8 Å². The van der Waals surface area contributed by atoms with Crippen LogP contribution in [0, 0.1) is 0 Å². The van der Waals surface area contributed by atoms with E-state index in [1.165, 1.54) is 6.92 Å². The minimum atomic E-state index is -1.14. The van der Waals surface area contributed by atoms with Crippen LogP contribution in [0.15, 0.2) is 24.6 Å². The van der Waals surface area contributed by atoms with Crippen LogP contribution in [0.3, 0.4) is 0 Å². The lowest BCUT2D eigenvalue weighted by Crippen LogP contribution is -2.51. The normalized spacial score (nSPS) is 14.1. The van der Waals surface area contributed by atoms with Crippen molar-refractivity contribution in [2.75, 3.05) is 19.8 Å². The van der Waals surface area contributed by atoms with Crippen molar-refractivity contribution in [3.63, 3.8) is 0 Å². The van der Waals surface area contributed by atoms with Crippen LogP contribution in [0.5, 0.6) is 0 Å². The topological polar surface area (TPSA) is 172 Å². The average molecular weight is 482 g/mol. The Hall–Kier alpha value is -3.90. The molecule has 0 aromatic rings. The van der Waals surface area contributed by atoms with Crippen LogP contribution in [0.4, 0.5) is 9.59 Å². The summed E-state index contributed by atoms with van der Waals surface area (Å²) < 4.78 is 9.56. The van der Waals surface area contributed by atoms with Crippen LogP contribution in [-0.2, 0) is 28.7 Å². The molecule has 13 nitrogen and oxygen atoms in total. The molecular formula is C21H31N5O8. The summed E-state index contributed by atoms with van der Waals surface area (Å²) in [6.45, 7) is 8.87. The van der Waals surface area contributed by atoms with Crippen molar-refractivity contribution in [3.8, 4) is 0 Å². The number of hydrogen-bond donors (Lipinski definition) is 4.